The second-order valence-electron chi connectivity index (χ2n) is 5.12. The molecule has 1 aliphatic rings. The van der Waals surface area contributed by atoms with Crippen LogP contribution in [0.2, 0.25) is 5.02 Å². The van der Waals surface area contributed by atoms with Crippen molar-refractivity contribution < 1.29 is 9.59 Å². The van der Waals surface area contributed by atoms with E-state index in [2.05, 4.69) is 20.7 Å². The summed E-state index contributed by atoms with van der Waals surface area (Å²) < 4.78 is 1.57. The van der Waals surface area contributed by atoms with Crippen molar-refractivity contribution in [1.29, 1.82) is 0 Å². The molecule has 2 amide bonds. The van der Waals surface area contributed by atoms with Crippen LogP contribution in [0.4, 0.5) is 11.6 Å². The molecule has 7 nitrogen and oxygen atoms in total. The summed E-state index contributed by atoms with van der Waals surface area (Å²) in [6.45, 7) is 2.16. The normalized spacial score (nSPS) is 16.8. The van der Waals surface area contributed by atoms with Crippen LogP contribution in [0.1, 0.15) is 12.0 Å². The van der Waals surface area contributed by atoms with E-state index in [1.165, 1.54) is 6.33 Å². The van der Waals surface area contributed by atoms with Crippen LogP contribution in [0.5, 0.6) is 0 Å². The average molecular weight is 320 g/mol. The van der Waals surface area contributed by atoms with Crippen LogP contribution in [0.25, 0.3) is 0 Å². The van der Waals surface area contributed by atoms with Crippen molar-refractivity contribution in [3.63, 3.8) is 0 Å². The molecule has 0 aliphatic carbocycles. The maximum absolute atomic E-state index is 12.2. The van der Waals surface area contributed by atoms with E-state index in [0.29, 0.717) is 23.2 Å². The van der Waals surface area contributed by atoms with Gasteiger partial charge in [0.25, 0.3) is 0 Å². The number of amides is 2. The number of rotatable bonds is 3. The highest BCUT2D eigenvalue weighted by molar-refractivity contribution is 6.31. The zero-order valence-electron chi connectivity index (χ0n) is 11.8. The van der Waals surface area contributed by atoms with E-state index >= 15 is 0 Å². The predicted molar refractivity (Wildman–Crippen MR) is 81.6 cm³/mol. The molecule has 0 spiro atoms. The number of anilines is 2. The summed E-state index contributed by atoms with van der Waals surface area (Å²) in [5.41, 5.74) is 1.44. The molecule has 0 radical (unpaired) electrons. The van der Waals surface area contributed by atoms with Gasteiger partial charge in [0.1, 0.15) is 6.33 Å². The molecular formula is C14H14ClN5O2. The second kappa shape index (κ2) is 5.76. The van der Waals surface area contributed by atoms with Gasteiger partial charge in [0.05, 0.1) is 12.5 Å². The molecule has 1 aliphatic heterocycles. The van der Waals surface area contributed by atoms with Gasteiger partial charge in [0.2, 0.25) is 17.8 Å². The lowest BCUT2D eigenvalue weighted by Crippen LogP contribution is -2.36. The standard InChI is InChI=1S/C14H14ClN5O2/c1-8-10(15)3-2-4-11(8)18-12(21)5-9-6-20-14(16-7-17-20)19-13(9)22/h2-4,7,9H,5-6H2,1H3,(H,18,21)(H,16,17,19,22). The number of aromatic nitrogens is 3. The van der Waals surface area contributed by atoms with E-state index in [1.54, 1.807) is 22.9 Å². The largest absolute Gasteiger partial charge is 0.326 e. The number of fused-ring (bicyclic) bond motifs is 1. The third-order valence-electron chi connectivity index (χ3n) is 3.59. The van der Waals surface area contributed by atoms with Gasteiger partial charge in [-0.3, -0.25) is 14.9 Å². The molecule has 3 rings (SSSR count). The number of benzene rings is 1. The predicted octanol–water partition coefficient (Wildman–Crippen LogP) is 1.84. The molecule has 22 heavy (non-hydrogen) atoms. The van der Waals surface area contributed by atoms with Gasteiger partial charge < -0.3 is 5.32 Å². The van der Waals surface area contributed by atoms with Gasteiger partial charge in [-0.1, -0.05) is 17.7 Å². The van der Waals surface area contributed by atoms with E-state index in [0.717, 1.165) is 5.56 Å². The Hall–Kier alpha value is -2.41. The Bertz CT molecular complexity index is 743. The van der Waals surface area contributed by atoms with Gasteiger partial charge in [-0.05, 0) is 24.6 Å². The molecule has 0 saturated carbocycles. The van der Waals surface area contributed by atoms with Crippen LogP contribution in [0, 0.1) is 12.8 Å². The highest BCUT2D eigenvalue weighted by Crippen LogP contribution is 2.24. The van der Waals surface area contributed by atoms with Crippen molar-refractivity contribution in [2.75, 3.05) is 10.6 Å². The van der Waals surface area contributed by atoms with E-state index in [4.69, 9.17) is 11.6 Å². The number of hydrogen-bond donors (Lipinski definition) is 2. The Balaban J connectivity index is 1.67. The first-order chi connectivity index (χ1) is 10.5. The summed E-state index contributed by atoms with van der Waals surface area (Å²) in [5.74, 6) is -0.534. The Labute approximate surface area is 131 Å². The summed E-state index contributed by atoms with van der Waals surface area (Å²) in [6, 6.07) is 5.29. The molecule has 114 valence electrons. The highest BCUT2D eigenvalue weighted by Gasteiger charge is 2.29. The summed E-state index contributed by atoms with van der Waals surface area (Å²) in [7, 11) is 0. The van der Waals surface area contributed by atoms with Gasteiger partial charge in [-0.15, -0.1) is 0 Å². The van der Waals surface area contributed by atoms with Crippen molar-refractivity contribution in [3.05, 3.63) is 35.1 Å². The van der Waals surface area contributed by atoms with Gasteiger partial charge in [-0.2, -0.15) is 10.1 Å². The van der Waals surface area contributed by atoms with Gasteiger partial charge in [0, 0.05) is 17.1 Å². The van der Waals surface area contributed by atoms with Crippen LogP contribution in [0.15, 0.2) is 24.5 Å². The van der Waals surface area contributed by atoms with Crippen LogP contribution >= 0.6 is 11.6 Å². The number of halogens is 1. The van der Waals surface area contributed by atoms with Crippen LogP contribution < -0.4 is 10.6 Å². The zero-order valence-corrected chi connectivity index (χ0v) is 12.6. The minimum absolute atomic E-state index is 0.0666. The summed E-state index contributed by atoms with van der Waals surface area (Å²) in [5, 5.41) is 10.0. The first kappa shape index (κ1) is 14.5. The fraction of sp³-hybridized carbons (Fsp3) is 0.286. The number of carbonyl (C=O) groups excluding carboxylic acids is 2. The van der Waals surface area contributed by atoms with E-state index in [1.807, 2.05) is 6.92 Å². The molecule has 0 bridgehead atoms. The van der Waals surface area contributed by atoms with Crippen molar-refractivity contribution in [2.45, 2.75) is 19.9 Å². The molecule has 2 heterocycles. The molecule has 2 aromatic rings. The minimum Gasteiger partial charge on any atom is -0.326 e. The van der Waals surface area contributed by atoms with Gasteiger partial charge in [-0.25, -0.2) is 4.68 Å². The topological polar surface area (TPSA) is 88.9 Å². The second-order valence-corrected chi connectivity index (χ2v) is 5.52. The average Bonchev–Trinajstić information content (AvgIpc) is 2.91. The fourth-order valence-electron chi connectivity index (χ4n) is 2.32. The molecule has 1 aromatic carbocycles. The molecule has 0 fully saturated rings. The molecule has 1 atom stereocenters. The van der Waals surface area contributed by atoms with Crippen molar-refractivity contribution in [1.82, 2.24) is 14.8 Å². The Morgan fingerprint density at radius 1 is 1.55 bits per heavy atom. The smallest absolute Gasteiger partial charge is 0.232 e. The first-order valence-electron chi connectivity index (χ1n) is 6.78. The lowest BCUT2D eigenvalue weighted by Gasteiger charge is -2.22. The molecule has 8 heteroatoms. The summed E-state index contributed by atoms with van der Waals surface area (Å²) in [6.07, 6.45) is 1.43. The van der Waals surface area contributed by atoms with Gasteiger partial charge in [0.15, 0.2) is 0 Å². The van der Waals surface area contributed by atoms with E-state index in [9.17, 15) is 9.59 Å². The highest BCUT2D eigenvalue weighted by atomic mass is 35.5. The SMILES string of the molecule is Cc1c(Cl)cccc1NC(=O)CC1Cn2ncnc2NC1=O. The lowest BCUT2D eigenvalue weighted by atomic mass is 10.0. The molecular weight excluding hydrogens is 306 g/mol. The van der Waals surface area contributed by atoms with Crippen LogP contribution in [-0.2, 0) is 16.1 Å². The maximum Gasteiger partial charge on any atom is 0.232 e. The van der Waals surface area contributed by atoms with E-state index < -0.39 is 5.92 Å². The van der Waals surface area contributed by atoms with E-state index in [-0.39, 0.29) is 18.2 Å². The molecule has 1 unspecified atom stereocenters. The zero-order chi connectivity index (χ0) is 15.7. The molecule has 2 N–H and O–H groups in total. The van der Waals surface area contributed by atoms with Crippen molar-refractivity contribution >= 4 is 35.1 Å². The Kier molecular flexibility index (Phi) is 3.81. The monoisotopic (exact) mass is 319 g/mol. The molecule has 0 saturated heterocycles. The Morgan fingerprint density at radius 2 is 2.36 bits per heavy atom. The summed E-state index contributed by atoms with van der Waals surface area (Å²) in [4.78, 5) is 28.0. The fourth-order valence-corrected chi connectivity index (χ4v) is 2.50. The number of carbonyl (C=O) groups is 2. The number of nitrogens with zero attached hydrogens (tertiary/aromatic N) is 3. The van der Waals surface area contributed by atoms with Gasteiger partial charge >= 0.3 is 0 Å². The van der Waals surface area contributed by atoms with Crippen LogP contribution in [0.3, 0.4) is 0 Å². The lowest BCUT2D eigenvalue weighted by molar-refractivity contribution is -0.125. The first-order valence-corrected chi connectivity index (χ1v) is 7.16. The Morgan fingerprint density at radius 3 is 3.18 bits per heavy atom. The third kappa shape index (κ3) is 2.80. The third-order valence-corrected chi connectivity index (χ3v) is 4.00. The van der Waals surface area contributed by atoms with Crippen LogP contribution in [-0.4, -0.2) is 26.6 Å². The van der Waals surface area contributed by atoms with Crippen molar-refractivity contribution in [2.24, 2.45) is 5.92 Å². The summed E-state index contributed by atoms with van der Waals surface area (Å²) >= 11 is 6.02. The minimum atomic E-state index is -0.478. The number of hydrogen-bond acceptors (Lipinski definition) is 4. The maximum atomic E-state index is 12.2. The molecule has 1 aromatic heterocycles. The van der Waals surface area contributed by atoms with Crippen molar-refractivity contribution in [3.8, 4) is 0 Å². The quantitative estimate of drug-likeness (QED) is 0.903. The number of nitrogens with one attached hydrogen (secondary N) is 2.